The van der Waals surface area contributed by atoms with E-state index in [1.54, 1.807) is 12.1 Å². The fraction of sp³-hybridized carbons (Fsp3) is 0.105. The summed E-state index contributed by atoms with van der Waals surface area (Å²) in [5.74, 6) is 0.882. The van der Waals surface area contributed by atoms with Gasteiger partial charge in [-0.15, -0.1) is 0 Å². The zero-order valence-electron chi connectivity index (χ0n) is 14.5. The molecule has 0 saturated heterocycles. The first-order valence-electron chi connectivity index (χ1n) is 8.04. The van der Waals surface area contributed by atoms with Crippen molar-refractivity contribution in [3.8, 4) is 5.75 Å². The third kappa shape index (κ3) is 4.96. The quantitative estimate of drug-likeness (QED) is 0.676. The average molecular weight is 386 g/mol. The molecule has 0 unspecified atom stereocenters. The van der Waals surface area contributed by atoms with Crippen molar-refractivity contribution in [2.75, 3.05) is 5.32 Å². The standard InChI is InChI=1S/C19H18N2O5S/c1-13-3-2-4-15(11-13)25-12-16-7-10-18(26-16)19(22)21-14-5-8-17(9-6-14)27(20,23)24/h2-11H,12H2,1H3,(H,21,22)(H2,20,23,24). The number of rotatable bonds is 6. The summed E-state index contributed by atoms with van der Waals surface area (Å²) in [4.78, 5) is 12.2. The van der Waals surface area contributed by atoms with Gasteiger partial charge < -0.3 is 14.5 Å². The number of sulfonamides is 1. The van der Waals surface area contributed by atoms with Crippen LogP contribution >= 0.6 is 0 Å². The molecular weight excluding hydrogens is 368 g/mol. The van der Waals surface area contributed by atoms with Gasteiger partial charge in [-0.3, -0.25) is 4.79 Å². The molecule has 27 heavy (non-hydrogen) atoms. The van der Waals surface area contributed by atoms with Gasteiger partial charge in [0.15, 0.2) is 5.76 Å². The Morgan fingerprint density at radius 3 is 2.52 bits per heavy atom. The van der Waals surface area contributed by atoms with Crippen molar-refractivity contribution in [3.63, 3.8) is 0 Å². The Hall–Kier alpha value is -3.10. The molecule has 0 fully saturated rings. The van der Waals surface area contributed by atoms with Crippen molar-refractivity contribution in [3.05, 3.63) is 77.7 Å². The van der Waals surface area contributed by atoms with Crippen LogP contribution in [0.5, 0.6) is 5.75 Å². The minimum atomic E-state index is -3.77. The number of aryl methyl sites for hydroxylation is 1. The molecule has 3 aromatic rings. The van der Waals surface area contributed by atoms with Crippen LogP contribution < -0.4 is 15.2 Å². The molecule has 0 spiro atoms. The first-order valence-corrected chi connectivity index (χ1v) is 9.58. The highest BCUT2D eigenvalue weighted by molar-refractivity contribution is 7.89. The maximum absolute atomic E-state index is 12.2. The van der Waals surface area contributed by atoms with Gasteiger partial charge >= 0.3 is 0 Å². The minimum Gasteiger partial charge on any atom is -0.486 e. The maximum Gasteiger partial charge on any atom is 0.291 e. The predicted molar refractivity (Wildman–Crippen MR) is 100.0 cm³/mol. The Balaban J connectivity index is 1.61. The third-order valence-electron chi connectivity index (χ3n) is 3.70. The second kappa shape index (κ2) is 7.65. The van der Waals surface area contributed by atoms with Gasteiger partial charge in [0, 0.05) is 5.69 Å². The van der Waals surface area contributed by atoms with Crippen LogP contribution in [0.2, 0.25) is 0 Å². The summed E-state index contributed by atoms with van der Waals surface area (Å²) < 4.78 is 33.6. The van der Waals surface area contributed by atoms with Crippen LogP contribution in [0.15, 0.2) is 70.0 Å². The van der Waals surface area contributed by atoms with Crippen molar-refractivity contribution in [1.29, 1.82) is 0 Å². The Bertz CT molecular complexity index is 1060. The molecule has 8 heteroatoms. The molecule has 3 rings (SSSR count). The van der Waals surface area contributed by atoms with E-state index in [0.29, 0.717) is 17.2 Å². The van der Waals surface area contributed by atoms with Crippen LogP contribution in [0.25, 0.3) is 0 Å². The fourth-order valence-corrected chi connectivity index (χ4v) is 2.87. The summed E-state index contributed by atoms with van der Waals surface area (Å²) in [5, 5.41) is 7.66. The van der Waals surface area contributed by atoms with Gasteiger partial charge in [0.2, 0.25) is 10.0 Å². The lowest BCUT2D eigenvalue weighted by Crippen LogP contribution is -2.13. The molecule has 1 amide bonds. The molecule has 0 aliphatic carbocycles. The van der Waals surface area contributed by atoms with Gasteiger partial charge in [0.25, 0.3) is 5.91 Å². The number of ether oxygens (including phenoxy) is 1. The summed E-state index contributed by atoms with van der Waals surface area (Å²) in [6.45, 7) is 2.16. The number of primary sulfonamides is 1. The minimum absolute atomic E-state index is 0.0333. The van der Waals surface area contributed by atoms with Gasteiger partial charge in [0.05, 0.1) is 4.90 Å². The molecule has 140 valence electrons. The van der Waals surface area contributed by atoms with E-state index in [2.05, 4.69) is 5.32 Å². The van der Waals surface area contributed by atoms with Crippen molar-refractivity contribution >= 4 is 21.6 Å². The van der Waals surface area contributed by atoms with Gasteiger partial charge in [-0.1, -0.05) is 12.1 Å². The Labute approximate surface area is 156 Å². The summed E-state index contributed by atoms with van der Waals surface area (Å²) >= 11 is 0. The molecule has 2 aromatic carbocycles. The highest BCUT2D eigenvalue weighted by atomic mass is 32.2. The number of amides is 1. The fourth-order valence-electron chi connectivity index (χ4n) is 2.36. The monoisotopic (exact) mass is 386 g/mol. The number of anilines is 1. The van der Waals surface area contributed by atoms with Crippen LogP contribution in [0.3, 0.4) is 0 Å². The van der Waals surface area contributed by atoms with Crippen LogP contribution in [0.4, 0.5) is 5.69 Å². The second-order valence-corrected chi connectivity index (χ2v) is 7.46. The largest absolute Gasteiger partial charge is 0.486 e. The summed E-state index contributed by atoms with van der Waals surface area (Å²) in [6, 6.07) is 16.3. The molecule has 1 aromatic heterocycles. The molecule has 7 nitrogen and oxygen atoms in total. The molecule has 0 aliphatic rings. The van der Waals surface area contributed by atoms with E-state index in [1.807, 2.05) is 31.2 Å². The first kappa shape index (κ1) is 18.7. The van der Waals surface area contributed by atoms with E-state index in [4.69, 9.17) is 14.3 Å². The van der Waals surface area contributed by atoms with Crippen molar-refractivity contribution in [2.24, 2.45) is 5.14 Å². The smallest absolute Gasteiger partial charge is 0.291 e. The lowest BCUT2D eigenvalue weighted by molar-refractivity contribution is 0.0992. The van der Waals surface area contributed by atoms with E-state index >= 15 is 0 Å². The third-order valence-corrected chi connectivity index (χ3v) is 4.63. The van der Waals surface area contributed by atoms with Crippen LogP contribution in [-0.4, -0.2) is 14.3 Å². The number of hydrogen-bond acceptors (Lipinski definition) is 5. The van der Waals surface area contributed by atoms with Crippen LogP contribution in [0.1, 0.15) is 21.9 Å². The Morgan fingerprint density at radius 1 is 1.11 bits per heavy atom. The maximum atomic E-state index is 12.2. The lowest BCUT2D eigenvalue weighted by Gasteiger charge is -2.05. The predicted octanol–water partition coefficient (Wildman–Crippen LogP) is 3.07. The van der Waals surface area contributed by atoms with Crippen LogP contribution in [-0.2, 0) is 16.6 Å². The van der Waals surface area contributed by atoms with Gasteiger partial charge in [-0.05, 0) is 61.0 Å². The molecule has 0 aliphatic heterocycles. The number of hydrogen-bond donors (Lipinski definition) is 2. The highest BCUT2D eigenvalue weighted by Crippen LogP contribution is 2.17. The average Bonchev–Trinajstić information content (AvgIpc) is 3.09. The molecule has 1 heterocycles. The molecule has 0 bridgehead atoms. The number of furan rings is 1. The Morgan fingerprint density at radius 2 is 1.85 bits per heavy atom. The number of nitrogens with two attached hydrogens (primary N) is 1. The summed E-state index contributed by atoms with van der Waals surface area (Å²) in [6.07, 6.45) is 0. The van der Waals surface area contributed by atoms with Crippen molar-refractivity contribution < 1.29 is 22.4 Å². The summed E-state index contributed by atoms with van der Waals surface area (Å²) in [7, 11) is -3.77. The first-order chi connectivity index (χ1) is 12.8. The van der Waals surface area contributed by atoms with E-state index in [1.165, 1.54) is 24.3 Å². The Kier molecular flexibility index (Phi) is 5.29. The molecule has 0 saturated carbocycles. The zero-order chi connectivity index (χ0) is 19.4. The molecule has 0 radical (unpaired) electrons. The van der Waals surface area contributed by atoms with E-state index < -0.39 is 15.9 Å². The number of benzene rings is 2. The molecule has 3 N–H and O–H groups in total. The second-order valence-electron chi connectivity index (χ2n) is 5.89. The summed E-state index contributed by atoms with van der Waals surface area (Å²) in [5.41, 5.74) is 1.50. The van der Waals surface area contributed by atoms with Crippen LogP contribution in [0, 0.1) is 6.92 Å². The van der Waals surface area contributed by atoms with E-state index in [0.717, 1.165) is 5.56 Å². The van der Waals surface area contributed by atoms with Crippen molar-refractivity contribution in [2.45, 2.75) is 18.4 Å². The van der Waals surface area contributed by atoms with E-state index in [9.17, 15) is 13.2 Å². The van der Waals surface area contributed by atoms with Gasteiger partial charge in [-0.2, -0.15) is 0 Å². The normalized spacial score (nSPS) is 11.2. The lowest BCUT2D eigenvalue weighted by atomic mass is 10.2. The topological polar surface area (TPSA) is 112 Å². The zero-order valence-corrected chi connectivity index (χ0v) is 15.3. The molecular formula is C19H18N2O5S. The number of nitrogens with one attached hydrogen (secondary N) is 1. The number of carbonyl (C=O) groups is 1. The van der Waals surface area contributed by atoms with Gasteiger partial charge in [0.1, 0.15) is 18.1 Å². The van der Waals surface area contributed by atoms with Crippen molar-refractivity contribution in [1.82, 2.24) is 0 Å². The number of carbonyl (C=O) groups excluding carboxylic acids is 1. The molecule has 0 atom stereocenters. The SMILES string of the molecule is Cc1cccc(OCc2ccc(C(=O)Nc3ccc(S(N)(=O)=O)cc3)o2)c1. The van der Waals surface area contributed by atoms with Gasteiger partial charge in [-0.25, -0.2) is 13.6 Å². The van der Waals surface area contributed by atoms with E-state index in [-0.39, 0.29) is 17.3 Å². The highest BCUT2D eigenvalue weighted by Gasteiger charge is 2.13.